The van der Waals surface area contributed by atoms with Gasteiger partial charge in [-0.15, -0.1) is 0 Å². The Hall–Kier alpha value is -0.0800. The third-order valence-corrected chi connectivity index (χ3v) is 3.79. The fraction of sp³-hybridized carbons (Fsp3) is 1.00. The molecule has 0 aliphatic carbocycles. The third-order valence-electron chi connectivity index (χ3n) is 3.79. The maximum absolute atomic E-state index is 5.62. The molecule has 0 aromatic carbocycles. The summed E-state index contributed by atoms with van der Waals surface area (Å²) in [5.74, 6) is 1.68. The van der Waals surface area contributed by atoms with E-state index >= 15 is 0 Å². The van der Waals surface area contributed by atoms with Crippen molar-refractivity contribution < 1.29 is 0 Å². The van der Waals surface area contributed by atoms with Gasteiger partial charge in [0, 0.05) is 18.6 Å². The summed E-state index contributed by atoms with van der Waals surface area (Å²) in [7, 11) is 0. The average Bonchev–Trinajstić information content (AvgIpc) is 2.11. The average molecular weight is 198 g/mol. The first-order valence-electron chi connectivity index (χ1n) is 6.02. The lowest BCUT2D eigenvalue weighted by Gasteiger charge is -2.44. The summed E-state index contributed by atoms with van der Waals surface area (Å²) >= 11 is 0. The van der Waals surface area contributed by atoms with Crippen LogP contribution in [0.1, 0.15) is 40.5 Å². The number of nitrogens with two attached hydrogens (primary N) is 1. The number of piperidine rings is 1. The van der Waals surface area contributed by atoms with Crippen LogP contribution in [0.5, 0.6) is 0 Å². The zero-order valence-electron chi connectivity index (χ0n) is 10.2. The Labute approximate surface area is 88.8 Å². The third kappa shape index (κ3) is 2.71. The molecule has 1 aliphatic heterocycles. The van der Waals surface area contributed by atoms with Crippen LogP contribution in [0.4, 0.5) is 0 Å². The Kier molecular flexibility index (Phi) is 4.39. The van der Waals surface area contributed by atoms with Crippen molar-refractivity contribution in [2.75, 3.05) is 13.1 Å². The molecule has 0 aromatic heterocycles. The summed E-state index contributed by atoms with van der Waals surface area (Å²) < 4.78 is 0. The summed E-state index contributed by atoms with van der Waals surface area (Å²) in [6.07, 6.45) is 2.51. The number of rotatable bonds is 3. The number of hydrogen-bond acceptors (Lipinski definition) is 2. The molecule has 0 bridgehead atoms. The minimum absolute atomic E-state index is 0.653. The number of nitrogens with zero attached hydrogens (tertiary/aromatic N) is 1. The van der Waals surface area contributed by atoms with Crippen LogP contribution < -0.4 is 5.73 Å². The van der Waals surface area contributed by atoms with Crippen molar-refractivity contribution in [3.63, 3.8) is 0 Å². The molecule has 1 aliphatic rings. The summed E-state index contributed by atoms with van der Waals surface area (Å²) in [5, 5.41) is 0. The van der Waals surface area contributed by atoms with E-state index in [9.17, 15) is 0 Å². The van der Waals surface area contributed by atoms with E-state index in [1.54, 1.807) is 0 Å². The van der Waals surface area contributed by atoms with Gasteiger partial charge < -0.3 is 5.73 Å². The lowest BCUT2D eigenvalue weighted by Crippen LogP contribution is -2.50. The van der Waals surface area contributed by atoms with E-state index in [4.69, 9.17) is 5.73 Å². The van der Waals surface area contributed by atoms with Crippen LogP contribution in [0.25, 0.3) is 0 Å². The van der Waals surface area contributed by atoms with Crippen LogP contribution in [0.3, 0.4) is 0 Å². The Balaban J connectivity index is 2.56. The van der Waals surface area contributed by atoms with Crippen LogP contribution in [0, 0.1) is 11.8 Å². The van der Waals surface area contributed by atoms with Crippen molar-refractivity contribution >= 4 is 0 Å². The van der Waals surface area contributed by atoms with Gasteiger partial charge in [-0.1, -0.05) is 13.8 Å². The molecule has 1 fully saturated rings. The SMILES string of the molecule is CC1CC(C)C(C)N(C(C)CCN)C1. The van der Waals surface area contributed by atoms with Crippen molar-refractivity contribution in [3.05, 3.63) is 0 Å². The van der Waals surface area contributed by atoms with Gasteiger partial charge in [-0.2, -0.15) is 0 Å². The van der Waals surface area contributed by atoms with E-state index in [1.807, 2.05) is 0 Å². The topological polar surface area (TPSA) is 29.3 Å². The second kappa shape index (κ2) is 5.13. The molecule has 0 radical (unpaired) electrons. The van der Waals surface area contributed by atoms with Gasteiger partial charge in [0.15, 0.2) is 0 Å². The fourth-order valence-electron chi connectivity index (χ4n) is 2.75. The summed E-state index contributed by atoms with van der Waals surface area (Å²) in [5.41, 5.74) is 5.62. The molecular formula is C12H26N2. The summed E-state index contributed by atoms with van der Waals surface area (Å²) in [4.78, 5) is 2.64. The van der Waals surface area contributed by atoms with Gasteiger partial charge in [0.05, 0.1) is 0 Å². The highest BCUT2D eigenvalue weighted by atomic mass is 15.2. The molecule has 4 unspecified atom stereocenters. The zero-order chi connectivity index (χ0) is 10.7. The van der Waals surface area contributed by atoms with E-state index in [-0.39, 0.29) is 0 Å². The van der Waals surface area contributed by atoms with E-state index in [0.717, 1.165) is 30.8 Å². The highest BCUT2D eigenvalue weighted by molar-refractivity contribution is 4.84. The molecule has 2 heteroatoms. The first-order valence-corrected chi connectivity index (χ1v) is 6.02. The quantitative estimate of drug-likeness (QED) is 0.752. The van der Waals surface area contributed by atoms with Crippen LogP contribution in [0.15, 0.2) is 0 Å². The van der Waals surface area contributed by atoms with Gasteiger partial charge in [0.1, 0.15) is 0 Å². The standard InChI is InChI=1S/C12H26N2/c1-9-7-10(2)12(4)14(8-9)11(3)5-6-13/h9-12H,5-8,13H2,1-4H3. The smallest absolute Gasteiger partial charge is 0.00956 e. The van der Waals surface area contributed by atoms with Gasteiger partial charge in [0.2, 0.25) is 0 Å². The van der Waals surface area contributed by atoms with Crippen molar-refractivity contribution in [2.45, 2.75) is 52.6 Å². The van der Waals surface area contributed by atoms with Gasteiger partial charge in [-0.25, -0.2) is 0 Å². The van der Waals surface area contributed by atoms with E-state index in [1.165, 1.54) is 13.0 Å². The Morgan fingerprint density at radius 2 is 2.00 bits per heavy atom. The van der Waals surface area contributed by atoms with Crippen molar-refractivity contribution in [1.29, 1.82) is 0 Å². The highest BCUT2D eigenvalue weighted by Crippen LogP contribution is 2.28. The normalized spacial score (nSPS) is 37.1. The molecule has 2 N–H and O–H groups in total. The first kappa shape index (κ1) is 12.0. The molecule has 14 heavy (non-hydrogen) atoms. The van der Waals surface area contributed by atoms with Crippen LogP contribution in [0.2, 0.25) is 0 Å². The van der Waals surface area contributed by atoms with Gasteiger partial charge in [-0.05, 0) is 45.1 Å². The summed E-state index contributed by atoms with van der Waals surface area (Å²) in [6.45, 7) is 11.5. The molecule has 4 atom stereocenters. The van der Waals surface area contributed by atoms with E-state index < -0.39 is 0 Å². The Morgan fingerprint density at radius 3 is 2.57 bits per heavy atom. The van der Waals surface area contributed by atoms with Gasteiger partial charge in [-0.3, -0.25) is 4.90 Å². The number of likely N-dealkylation sites (tertiary alicyclic amines) is 1. The molecule has 0 aromatic rings. The molecule has 0 amide bonds. The van der Waals surface area contributed by atoms with E-state index in [2.05, 4.69) is 32.6 Å². The lowest BCUT2D eigenvalue weighted by molar-refractivity contribution is 0.0444. The second-order valence-corrected chi connectivity index (χ2v) is 5.18. The molecule has 1 saturated heterocycles. The van der Waals surface area contributed by atoms with Crippen molar-refractivity contribution in [1.82, 2.24) is 4.90 Å². The van der Waals surface area contributed by atoms with E-state index in [0.29, 0.717) is 6.04 Å². The van der Waals surface area contributed by atoms with Crippen LogP contribution in [-0.2, 0) is 0 Å². The van der Waals surface area contributed by atoms with Crippen LogP contribution in [-0.4, -0.2) is 30.1 Å². The Bertz CT molecular complexity index is 170. The number of hydrogen-bond donors (Lipinski definition) is 1. The molecule has 0 saturated carbocycles. The second-order valence-electron chi connectivity index (χ2n) is 5.18. The molecular weight excluding hydrogens is 172 g/mol. The van der Waals surface area contributed by atoms with Crippen molar-refractivity contribution in [3.8, 4) is 0 Å². The molecule has 0 spiro atoms. The van der Waals surface area contributed by atoms with Gasteiger partial charge >= 0.3 is 0 Å². The molecule has 2 nitrogen and oxygen atoms in total. The Morgan fingerprint density at radius 1 is 1.36 bits per heavy atom. The summed E-state index contributed by atoms with van der Waals surface area (Å²) in [6, 6.07) is 1.38. The van der Waals surface area contributed by atoms with Crippen LogP contribution >= 0.6 is 0 Å². The molecule has 1 rings (SSSR count). The monoisotopic (exact) mass is 198 g/mol. The zero-order valence-corrected chi connectivity index (χ0v) is 10.2. The minimum atomic E-state index is 0.653. The van der Waals surface area contributed by atoms with Gasteiger partial charge in [0.25, 0.3) is 0 Å². The van der Waals surface area contributed by atoms with Crippen molar-refractivity contribution in [2.24, 2.45) is 17.6 Å². The molecule has 84 valence electrons. The minimum Gasteiger partial charge on any atom is -0.330 e. The molecule has 1 heterocycles. The maximum Gasteiger partial charge on any atom is 0.00956 e. The largest absolute Gasteiger partial charge is 0.330 e. The highest BCUT2D eigenvalue weighted by Gasteiger charge is 2.30. The predicted octanol–water partition coefficient (Wildman–Crippen LogP) is 2.09. The maximum atomic E-state index is 5.62. The predicted molar refractivity (Wildman–Crippen MR) is 62.2 cm³/mol. The lowest BCUT2D eigenvalue weighted by atomic mass is 9.85. The first-order chi connectivity index (χ1) is 6.56. The fourth-order valence-corrected chi connectivity index (χ4v) is 2.75.